The minimum atomic E-state index is -0.647. The second-order valence-electron chi connectivity index (χ2n) is 10.3. The highest BCUT2D eigenvalue weighted by atomic mass is 35.5. The van der Waals surface area contributed by atoms with Gasteiger partial charge in [0.25, 0.3) is 0 Å². The molecule has 5 heteroatoms. The van der Waals surface area contributed by atoms with Gasteiger partial charge in [0.1, 0.15) is 6.10 Å². The number of hydrogen-bond donors (Lipinski definition) is 0. The van der Waals surface area contributed by atoms with Gasteiger partial charge in [-0.3, -0.25) is 4.98 Å². The fourth-order valence-electron chi connectivity index (χ4n) is 7.48. The van der Waals surface area contributed by atoms with Gasteiger partial charge in [-0.2, -0.15) is 0 Å². The predicted octanol–water partition coefficient (Wildman–Crippen LogP) is 6.76. The number of aromatic nitrogens is 1. The fourth-order valence-corrected chi connectivity index (χ4v) is 7.57. The highest BCUT2D eigenvalue weighted by Crippen LogP contribution is 2.66. The molecule has 0 amide bonds. The van der Waals surface area contributed by atoms with Gasteiger partial charge >= 0.3 is 6.16 Å². The molecule has 4 aliphatic rings. The number of halogens is 1. The first-order chi connectivity index (χ1) is 15.0. The van der Waals surface area contributed by atoms with E-state index in [0.717, 1.165) is 31.6 Å². The summed E-state index contributed by atoms with van der Waals surface area (Å²) in [6.45, 7) is 4.96. The van der Waals surface area contributed by atoms with Gasteiger partial charge in [0.05, 0.1) is 0 Å². The molecule has 6 atom stereocenters. The Kier molecular flexibility index (Phi) is 5.40. The van der Waals surface area contributed by atoms with E-state index in [1.54, 1.807) is 0 Å². The molecule has 2 saturated carbocycles. The van der Waals surface area contributed by atoms with Crippen molar-refractivity contribution in [2.24, 2.45) is 28.6 Å². The first-order valence-corrected chi connectivity index (χ1v) is 12.2. The predicted molar refractivity (Wildman–Crippen MR) is 121 cm³/mol. The number of allylic oxidation sites excluding steroid dienone is 3. The van der Waals surface area contributed by atoms with Crippen molar-refractivity contribution in [3.8, 4) is 0 Å². The summed E-state index contributed by atoms with van der Waals surface area (Å²) in [6.07, 6.45) is 15.8. The first-order valence-electron chi connectivity index (χ1n) is 11.7. The van der Waals surface area contributed by atoms with Gasteiger partial charge in [-0.1, -0.05) is 49.2 Å². The van der Waals surface area contributed by atoms with Crippen LogP contribution in [-0.2, 0) is 9.47 Å². The van der Waals surface area contributed by atoms with Crippen LogP contribution in [0.15, 0.2) is 42.3 Å². The maximum Gasteiger partial charge on any atom is 0.509 e. The number of fused-ring (bicyclic) bond motifs is 5. The molecule has 4 aliphatic carbocycles. The molecule has 0 bridgehead atoms. The Labute approximate surface area is 190 Å². The lowest BCUT2D eigenvalue weighted by molar-refractivity contribution is -0.0341. The second kappa shape index (κ2) is 7.95. The third-order valence-corrected chi connectivity index (χ3v) is 9.16. The molecule has 4 nitrogen and oxygen atoms in total. The van der Waals surface area contributed by atoms with Gasteiger partial charge in [0.2, 0.25) is 0 Å². The number of nitrogens with zero attached hydrogens (tertiary/aromatic N) is 1. The van der Waals surface area contributed by atoms with E-state index < -0.39 is 6.16 Å². The van der Waals surface area contributed by atoms with E-state index in [2.05, 4.69) is 43.1 Å². The molecule has 1 aromatic heterocycles. The zero-order valence-corrected chi connectivity index (χ0v) is 19.2. The molecule has 166 valence electrons. The van der Waals surface area contributed by atoms with Crippen LogP contribution in [0, 0.1) is 28.6 Å². The number of rotatable bonds is 3. The molecule has 1 aromatic rings. The van der Waals surface area contributed by atoms with Gasteiger partial charge in [-0.05, 0) is 84.3 Å². The molecule has 0 aliphatic heterocycles. The molecule has 0 spiro atoms. The summed E-state index contributed by atoms with van der Waals surface area (Å²) >= 11 is 5.49. The van der Waals surface area contributed by atoms with Crippen molar-refractivity contribution in [2.75, 3.05) is 6.07 Å². The number of alkyl halides is 1. The third-order valence-electron chi connectivity index (χ3n) is 9.05. The minimum Gasteiger partial charge on any atom is -0.431 e. The van der Waals surface area contributed by atoms with Crippen LogP contribution in [0.25, 0.3) is 5.57 Å². The van der Waals surface area contributed by atoms with E-state index >= 15 is 0 Å². The summed E-state index contributed by atoms with van der Waals surface area (Å²) in [4.78, 5) is 16.1. The van der Waals surface area contributed by atoms with Crippen LogP contribution in [0.2, 0.25) is 0 Å². The van der Waals surface area contributed by atoms with Gasteiger partial charge < -0.3 is 9.47 Å². The molecule has 0 N–H and O–H groups in total. The van der Waals surface area contributed by atoms with Crippen molar-refractivity contribution in [1.29, 1.82) is 0 Å². The summed E-state index contributed by atoms with van der Waals surface area (Å²) < 4.78 is 10.3. The van der Waals surface area contributed by atoms with Crippen molar-refractivity contribution in [1.82, 2.24) is 4.98 Å². The van der Waals surface area contributed by atoms with Crippen LogP contribution >= 0.6 is 11.6 Å². The van der Waals surface area contributed by atoms with E-state index in [1.807, 2.05) is 12.4 Å². The smallest absolute Gasteiger partial charge is 0.431 e. The summed E-state index contributed by atoms with van der Waals surface area (Å²) in [7, 11) is 0. The zero-order valence-electron chi connectivity index (χ0n) is 18.5. The molecule has 1 heterocycles. The number of hydrogen-bond acceptors (Lipinski definition) is 4. The maximum atomic E-state index is 11.7. The second-order valence-corrected chi connectivity index (χ2v) is 10.5. The molecule has 0 aromatic carbocycles. The minimum absolute atomic E-state index is 0.0919. The lowest BCUT2D eigenvalue weighted by Crippen LogP contribution is -2.50. The van der Waals surface area contributed by atoms with Crippen molar-refractivity contribution >= 4 is 23.3 Å². The van der Waals surface area contributed by atoms with Gasteiger partial charge in [-0.15, -0.1) is 0 Å². The molecule has 2 fully saturated rings. The summed E-state index contributed by atoms with van der Waals surface area (Å²) in [6, 6.07) is 4.11. The largest absolute Gasteiger partial charge is 0.509 e. The van der Waals surface area contributed by atoms with E-state index in [1.165, 1.54) is 36.0 Å². The topological polar surface area (TPSA) is 48.4 Å². The number of ether oxygens (including phenoxy) is 2. The molecule has 0 saturated heterocycles. The fraction of sp³-hybridized carbons (Fsp3) is 0.615. The van der Waals surface area contributed by atoms with E-state index in [9.17, 15) is 4.79 Å². The van der Waals surface area contributed by atoms with E-state index in [-0.39, 0.29) is 23.0 Å². The highest BCUT2D eigenvalue weighted by Gasteiger charge is 2.57. The van der Waals surface area contributed by atoms with Crippen molar-refractivity contribution in [3.05, 3.63) is 47.8 Å². The van der Waals surface area contributed by atoms with E-state index in [4.69, 9.17) is 21.1 Å². The average molecular weight is 442 g/mol. The summed E-state index contributed by atoms with van der Waals surface area (Å²) in [5, 5.41) is 0. The van der Waals surface area contributed by atoms with Crippen molar-refractivity contribution in [2.45, 2.75) is 64.9 Å². The molecule has 0 radical (unpaired) electrons. The van der Waals surface area contributed by atoms with Crippen LogP contribution in [0.4, 0.5) is 4.79 Å². The quantitative estimate of drug-likeness (QED) is 0.295. The van der Waals surface area contributed by atoms with Gasteiger partial charge in [0.15, 0.2) is 6.07 Å². The van der Waals surface area contributed by atoms with E-state index in [0.29, 0.717) is 11.8 Å². The van der Waals surface area contributed by atoms with Crippen LogP contribution in [0.1, 0.15) is 64.4 Å². The van der Waals surface area contributed by atoms with Crippen molar-refractivity contribution in [3.63, 3.8) is 0 Å². The highest BCUT2D eigenvalue weighted by molar-refractivity contribution is 6.17. The van der Waals surface area contributed by atoms with Crippen LogP contribution in [0.5, 0.6) is 0 Å². The molecular weight excluding hydrogens is 410 g/mol. The Morgan fingerprint density at radius 3 is 2.77 bits per heavy atom. The third kappa shape index (κ3) is 3.42. The lowest BCUT2D eigenvalue weighted by atomic mass is 9.47. The summed E-state index contributed by atoms with van der Waals surface area (Å²) in [5.74, 6) is 2.13. The van der Waals surface area contributed by atoms with Crippen molar-refractivity contribution < 1.29 is 14.3 Å². The summed E-state index contributed by atoms with van der Waals surface area (Å²) in [5.41, 5.74) is 4.77. The standard InChI is InChI=1S/C26H32ClNO3/c1-25-11-9-19(31-24(29)30-16-27)14-18(25)5-6-20-22-8-7-21(17-4-3-13-28-15-17)26(22,2)12-10-23(20)25/h3-5,7,13,15,19-20,22-23H,6,8-12,14,16H2,1-2H3/t19-,20-,22-,23-,25-,26+/m0/s1. The number of pyridine rings is 1. The van der Waals surface area contributed by atoms with Crippen LogP contribution < -0.4 is 0 Å². The molecule has 5 rings (SSSR count). The SMILES string of the molecule is C[C@]12CC[C@H](OC(=O)OCCl)CC1=CC[C@@H]1[C@@H]2CC[C@]2(C)C(c3cccnc3)=CC[C@@H]12. The molecule has 0 unspecified atom stereocenters. The monoisotopic (exact) mass is 441 g/mol. The Hall–Kier alpha value is -1.81. The Morgan fingerprint density at radius 2 is 2.00 bits per heavy atom. The van der Waals surface area contributed by atoms with Crippen LogP contribution in [-0.4, -0.2) is 23.3 Å². The number of carbonyl (C=O) groups excluding carboxylic acids is 1. The zero-order chi connectivity index (χ0) is 21.6. The van der Waals surface area contributed by atoms with Crippen LogP contribution in [0.3, 0.4) is 0 Å². The normalized spacial score (nSPS) is 38.8. The molecule has 31 heavy (non-hydrogen) atoms. The number of carbonyl (C=O) groups is 1. The average Bonchev–Trinajstić information content (AvgIpc) is 3.12. The lowest BCUT2D eigenvalue weighted by Gasteiger charge is -2.57. The Bertz CT molecular complexity index is 912. The Balaban J connectivity index is 1.35. The first kappa shape index (κ1) is 21.1. The maximum absolute atomic E-state index is 11.7. The van der Waals surface area contributed by atoms with Gasteiger partial charge in [0, 0.05) is 18.8 Å². The van der Waals surface area contributed by atoms with Gasteiger partial charge in [-0.25, -0.2) is 4.79 Å². The Morgan fingerprint density at radius 1 is 1.16 bits per heavy atom. The molecular formula is C26H32ClNO3.